The van der Waals surface area contributed by atoms with Gasteiger partial charge in [0.1, 0.15) is 0 Å². The minimum Gasteiger partial charge on any atom is -0.414 e. The van der Waals surface area contributed by atoms with Gasteiger partial charge in [0, 0.05) is 6.42 Å². The molecular formula is C14H28O3Si. The summed E-state index contributed by atoms with van der Waals surface area (Å²) in [6, 6.07) is 0. The van der Waals surface area contributed by atoms with Crippen LogP contribution in [0.15, 0.2) is 12.7 Å². The molecule has 3 nitrogen and oxygen atoms in total. The second-order valence-corrected chi connectivity index (χ2v) is 11.5. The SMILES string of the molecule is C=CC[C@@H]1O[C@@H](CO[Si](C)(C)C(C)(C)C)C[C@@H]1O. The second kappa shape index (κ2) is 5.86. The van der Waals surface area contributed by atoms with Crippen LogP contribution in [0.4, 0.5) is 0 Å². The average Bonchev–Trinajstić information content (AvgIpc) is 2.56. The zero-order valence-electron chi connectivity index (χ0n) is 12.4. The van der Waals surface area contributed by atoms with E-state index in [1.54, 1.807) is 6.08 Å². The van der Waals surface area contributed by atoms with E-state index in [4.69, 9.17) is 9.16 Å². The van der Waals surface area contributed by atoms with E-state index in [1.165, 1.54) is 0 Å². The van der Waals surface area contributed by atoms with E-state index in [-0.39, 0.29) is 23.4 Å². The van der Waals surface area contributed by atoms with Crippen molar-refractivity contribution in [2.75, 3.05) is 6.61 Å². The molecule has 3 atom stereocenters. The van der Waals surface area contributed by atoms with Crippen molar-refractivity contribution < 1.29 is 14.3 Å². The lowest BCUT2D eigenvalue weighted by molar-refractivity contribution is -0.00531. The van der Waals surface area contributed by atoms with E-state index in [2.05, 4.69) is 40.4 Å². The van der Waals surface area contributed by atoms with E-state index in [9.17, 15) is 5.11 Å². The molecule has 0 amide bonds. The fraction of sp³-hybridized carbons (Fsp3) is 0.857. The highest BCUT2D eigenvalue weighted by Crippen LogP contribution is 2.37. The molecule has 1 rings (SSSR count). The number of aliphatic hydroxyl groups is 1. The third kappa shape index (κ3) is 3.92. The monoisotopic (exact) mass is 272 g/mol. The molecule has 0 aromatic carbocycles. The summed E-state index contributed by atoms with van der Waals surface area (Å²) >= 11 is 0. The Kier molecular flexibility index (Phi) is 5.18. The number of ether oxygens (including phenoxy) is 1. The van der Waals surface area contributed by atoms with Gasteiger partial charge >= 0.3 is 0 Å². The number of aliphatic hydroxyl groups excluding tert-OH is 1. The topological polar surface area (TPSA) is 38.7 Å². The molecule has 4 heteroatoms. The average molecular weight is 272 g/mol. The van der Waals surface area contributed by atoms with Crippen LogP contribution in [-0.4, -0.2) is 38.3 Å². The molecule has 0 unspecified atom stereocenters. The van der Waals surface area contributed by atoms with Gasteiger partial charge in [-0.3, -0.25) is 0 Å². The van der Waals surface area contributed by atoms with Gasteiger partial charge in [-0.1, -0.05) is 26.8 Å². The molecule has 1 aliphatic rings. The van der Waals surface area contributed by atoms with Crippen LogP contribution in [0.1, 0.15) is 33.6 Å². The first-order valence-electron chi connectivity index (χ1n) is 6.76. The Morgan fingerprint density at radius 1 is 1.44 bits per heavy atom. The molecule has 1 fully saturated rings. The Balaban J connectivity index is 2.44. The van der Waals surface area contributed by atoms with Gasteiger partial charge in [-0.2, -0.15) is 0 Å². The highest BCUT2D eigenvalue weighted by Gasteiger charge is 2.39. The van der Waals surface area contributed by atoms with Crippen LogP contribution in [0, 0.1) is 0 Å². The quantitative estimate of drug-likeness (QED) is 0.617. The highest BCUT2D eigenvalue weighted by molar-refractivity contribution is 6.74. The summed E-state index contributed by atoms with van der Waals surface area (Å²) in [6.45, 7) is 15.4. The zero-order valence-corrected chi connectivity index (χ0v) is 13.4. The van der Waals surface area contributed by atoms with Crippen molar-refractivity contribution in [2.45, 2.75) is 70.1 Å². The molecular weight excluding hydrogens is 244 g/mol. The molecule has 1 aliphatic heterocycles. The summed E-state index contributed by atoms with van der Waals surface area (Å²) in [5.74, 6) is 0. The van der Waals surface area contributed by atoms with Crippen molar-refractivity contribution in [3.63, 3.8) is 0 Å². The third-order valence-electron chi connectivity index (χ3n) is 4.14. The van der Waals surface area contributed by atoms with Gasteiger partial charge < -0.3 is 14.3 Å². The standard InChI is InChI=1S/C14H28O3Si/c1-7-8-13-12(15)9-11(17-13)10-16-18(5,6)14(2,3)4/h7,11-13,15H,1,8-10H2,2-6H3/t11-,12+,13+/m1/s1. The maximum absolute atomic E-state index is 9.86. The summed E-state index contributed by atoms with van der Waals surface area (Å²) in [4.78, 5) is 0. The molecule has 0 aromatic heterocycles. The molecule has 0 saturated carbocycles. The lowest BCUT2D eigenvalue weighted by atomic mass is 10.1. The first-order chi connectivity index (χ1) is 8.17. The molecule has 0 spiro atoms. The summed E-state index contributed by atoms with van der Waals surface area (Å²) in [5.41, 5.74) is 0. The van der Waals surface area contributed by atoms with Crippen LogP contribution in [0.25, 0.3) is 0 Å². The van der Waals surface area contributed by atoms with E-state index < -0.39 is 8.32 Å². The van der Waals surface area contributed by atoms with Crippen molar-refractivity contribution in [3.8, 4) is 0 Å². The number of hydrogen-bond acceptors (Lipinski definition) is 3. The molecule has 1 heterocycles. The zero-order chi connectivity index (χ0) is 14.0. The molecule has 0 radical (unpaired) electrons. The third-order valence-corrected chi connectivity index (χ3v) is 8.64. The highest BCUT2D eigenvalue weighted by atomic mass is 28.4. The minimum absolute atomic E-state index is 0.0269. The first kappa shape index (κ1) is 15.9. The van der Waals surface area contributed by atoms with Gasteiger partial charge in [-0.05, 0) is 24.6 Å². The molecule has 106 valence electrons. The molecule has 0 aliphatic carbocycles. The molecule has 0 aromatic rings. The van der Waals surface area contributed by atoms with Crippen LogP contribution in [0.3, 0.4) is 0 Å². The Bertz CT molecular complexity index is 283. The van der Waals surface area contributed by atoms with Gasteiger partial charge in [0.2, 0.25) is 0 Å². The second-order valence-electron chi connectivity index (χ2n) is 6.70. The maximum Gasteiger partial charge on any atom is 0.192 e. The largest absolute Gasteiger partial charge is 0.414 e. The van der Waals surface area contributed by atoms with Gasteiger partial charge in [-0.15, -0.1) is 6.58 Å². The molecule has 1 saturated heterocycles. The molecule has 18 heavy (non-hydrogen) atoms. The molecule has 1 N–H and O–H groups in total. The van der Waals surface area contributed by atoms with Crippen molar-refractivity contribution in [1.29, 1.82) is 0 Å². The summed E-state index contributed by atoms with van der Waals surface area (Å²) < 4.78 is 11.9. The van der Waals surface area contributed by atoms with E-state index in [1.807, 2.05) is 0 Å². The van der Waals surface area contributed by atoms with Crippen molar-refractivity contribution >= 4 is 8.32 Å². The lowest BCUT2D eigenvalue weighted by Gasteiger charge is -2.36. The van der Waals surface area contributed by atoms with Crippen LogP contribution in [0.5, 0.6) is 0 Å². The normalized spacial score (nSPS) is 29.6. The summed E-state index contributed by atoms with van der Waals surface area (Å²) in [7, 11) is -1.72. The predicted octanol–water partition coefficient (Wildman–Crippen LogP) is 3.10. The Morgan fingerprint density at radius 2 is 2.06 bits per heavy atom. The Hall–Kier alpha value is -0.163. The van der Waals surface area contributed by atoms with Crippen molar-refractivity contribution in [3.05, 3.63) is 12.7 Å². The smallest absolute Gasteiger partial charge is 0.192 e. The summed E-state index contributed by atoms with van der Waals surface area (Å²) in [5, 5.41) is 10.1. The van der Waals surface area contributed by atoms with E-state index >= 15 is 0 Å². The maximum atomic E-state index is 9.86. The number of rotatable bonds is 5. The van der Waals surface area contributed by atoms with Gasteiger partial charge in [0.15, 0.2) is 8.32 Å². The first-order valence-corrected chi connectivity index (χ1v) is 9.66. The van der Waals surface area contributed by atoms with Crippen LogP contribution in [0.2, 0.25) is 18.1 Å². The number of hydrogen-bond donors (Lipinski definition) is 1. The summed E-state index contributed by atoms with van der Waals surface area (Å²) in [6.07, 6.45) is 2.72. The van der Waals surface area contributed by atoms with E-state index in [0.717, 1.165) is 0 Å². The Labute approximate surface area is 112 Å². The van der Waals surface area contributed by atoms with Gasteiger partial charge in [-0.25, -0.2) is 0 Å². The minimum atomic E-state index is -1.72. The van der Waals surface area contributed by atoms with Gasteiger partial charge in [0.05, 0.1) is 24.9 Å². The van der Waals surface area contributed by atoms with Crippen LogP contribution < -0.4 is 0 Å². The van der Waals surface area contributed by atoms with Gasteiger partial charge in [0.25, 0.3) is 0 Å². The van der Waals surface area contributed by atoms with E-state index in [0.29, 0.717) is 19.4 Å². The lowest BCUT2D eigenvalue weighted by Crippen LogP contribution is -2.42. The fourth-order valence-corrected chi connectivity index (χ4v) is 2.85. The van der Waals surface area contributed by atoms with Crippen LogP contribution >= 0.6 is 0 Å². The van der Waals surface area contributed by atoms with Crippen molar-refractivity contribution in [1.82, 2.24) is 0 Å². The Morgan fingerprint density at radius 3 is 2.56 bits per heavy atom. The molecule has 0 bridgehead atoms. The van der Waals surface area contributed by atoms with Crippen LogP contribution in [-0.2, 0) is 9.16 Å². The van der Waals surface area contributed by atoms with Crippen molar-refractivity contribution in [2.24, 2.45) is 0 Å². The predicted molar refractivity (Wildman–Crippen MR) is 77.2 cm³/mol. The fourth-order valence-electron chi connectivity index (χ4n) is 1.82.